The topological polar surface area (TPSA) is 65.5 Å². The normalized spacial score (nSPS) is 10.2. The minimum absolute atomic E-state index is 0.0802. The molecule has 78 valence electrons. The fraction of sp³-hybridized carbons (Fsp3) is 0.200. The molecule has 15 heavy (non-hydrogen) atoms. The first-order valence-corrected chi connectivity index (χ1v) is 4.38. The molecule has 0 amide bonds. The second kappa shape index (κ2) is 4.00. The Morgan fingerprint density at radius 2 is 2.47 bits per heavy atom. The SMILES string of the molecule is Cc1cc(COC(=O)c2ccco2)no1. The molecule has 0 aliphatic rings. The smallest absolute Gasteiger partial charge is 0.374 e. The van der Waals surface area contributed by atoms with Crippen LogP contribution in [0.25, 0.3) is 0 Å². The van der Waals surface area contributed by atoms with Gasteiger partial charge in [-0.25, -0.2) is 4.79 Å². The van der Waals surface area contributed by atoms with Crippen LogP contribution in [0.2, 0.25) is 0 Å². The third kappa shape index (κ3) is 2.25. The molecule has 0 bridgehead atoms. The summed E-state index contributed by atoms with van der Waals surface area (Å²) in [5.74, 6) is 0.343. The first kappa shape index (κ1) is 9.51. The van der Waals surface area contributed by atoms with E-state index in [1.54, 1.807) is 19.1 Å². The van der Waals surface area contributed by atoms with Crippen LogP contribution in [0.4, 0.5) is 0 Å². The van der Waals surface area contributed by atoms with E-state index >= 15 is 0 Å². The number of aryl methyl sites for hydroxylation is 1. The zero-order valence-electron chi connectivity index (χ0n) is 8.10. The Morgan fingerprint density at radius 1 is 1.60 bits per heavy atom. The van der Waals surface area contributed by atoms with E-state index in [2.05, 4.69) is 5.16 Å². The fourth-order valence-corrected chi connectivity index (χ4v) is 1.09. The van der Waals surface area contributed by atoms with Crippen molar-refractivity contribution in [1.29, 1.82) is 0 Å². The van der Waals surface area contributed by atoms with Crippen molar-refractivity contribution in [3.63, 3.8) is 0 Å². The van der Waals surface area contributed by atoms with Crippen molar-refractivity contribution in [3.05, 3.63) is 41.7 Å². The number of hydrogen-bond donors (Lipinski definition) is 0. The number of carbonyl (C=O) groups is 1. The zero-order valence-corrected chi connectivity index (χ0v) is 8.10. The van der Waals surface area contributed by atoms with Gasteiger partial charge in [0.2, 0.25) is 5.76 Å². The molecule has 0 spiro atoms. The Balaban J connectivity index is 1.91. The highest BCUT2D eigenvalue weighted by Crippen LogP contribution is 2.07. The highest BCUT2D eigenvalue weighted by atomic mass is 16.5. The van der Waals surface area contributed by atoms with Gasteiger partial charge in [0.05, 0.1) is 6.26 Å². The lowest BCUT2D eigenvalue weighted by atomic mass is 10.4. The van der Waals surface area contributed by atoms with Crippen molar-refractivity contribution in [2.24, 2.45) is 0 Å². The molecule has 5 nitrogen and oxygen atoms in total. The molecule has 0 atom stereocenters. The molecule has 0 aromatic carbocycles. The van der Waals surface area contributed by atoms with E-state index in [9.17, 15) is 4.79 Å². The van der Waals surface area contributed by atoms with Crippen molar-refractivity contribution in [1.82, 2.24) is 5.16 Å². The largest absolute Gasteiger partial charge is 0.457 e. The molecule has 0 saturated carbocycles. The van der Waals surface area contributed by atoms with Gasteiger partial charge < -0.3 is 13.7 Å². The average Bonchev–Trinajstić information content (AvgIpc) is 2.84. The van der Waals surface area contributed by atoms with Gasteiger partial charge in [0.1, 0.15) is 18.1 Å². The van der Waals surface area contributed by atoms with Gasteiger partial charge in [-0.3, -0.25) is 0 Å². The molecule has 0 aliphatic carbocycles. The highest BCUT2D eigenvalue weighted by molar-refractivity contribution is 5.86. The summed E-state index contributed by atoms with van der Waals surface area (Å²) in [7, 11) is 0. The van der Waals surface area contributed by atoms with E-state index in [0.29, 0.717) is 11.5 Å². The summed E-state index contributed by atoms with van der Waals surface area (Å²) in [5.41, 5.74) is 0.576. The third-order valence-corrected chi connectivity index (χ3v) is 1.75. The van der Waals surface area contributed by atoms with Gasteiger partial charge in [-0.05, 0) is 19.1 Å². The van der Waals surface area contributed by atoms with Crippen molar-refractivity contribution in [2.45, 2.75) is 13.5 Å². The first-order valence-electron chi connectivity index (χ1n) is 4.38. The molecular formula is C10H9NO4. The van der Waals surface area contributed by atoms with Crippen LogP contribution in [-0.4, -0.2) is 11.1 Å². The van der Waals surface area contributed by atoms with E-state index in [-0.39, 0.29) is 12.4 Å². The van der Waals surface area contributed by atoms with Gasteiger partial charge >= 0.3 is 5.97 Å². The minimum atomic E-state index is -0.513. The summed E-state index contributed by atoms with van der Waals surface area (Å²) in [6.07, 6.45) is 1.41. The Labute approximate surface area is 85.6 Å². The first-order chi connectivity index (χ1) is 7.25. The number of carbonyl (C=O) groups excluding carboxylic acids is 1. The van der Waals surface area contributed by atoms with E-state index < -0.39 is 5.97 Å². The maximum Gasteiger partial charge on any atom is 0.374 e. The summed E-state index contributed by atoms with van der Waals surface area (Å²) in [5, 5.41) is 3.69. The lowest BCUT2D eigenvalue weighted by Crippen LogP contribution is -2.03. The van der Waals surface area contributed by atoms with Crippen molar-refractivity contribution in [2.75, 3.05) is 0 Å². The number of nitrogens with zero attached hydrogens (tertiary/aromatic N) is 1. The molecule has 2 rings (SSSR count). The van der Waals surface area contributed by atoms with Crippen LogP contribution in [0.5, 0.6) is 0 Å². The van der Waals surface area contributed by atoms with Gasteiger partial charge in [-0.15, -0.1) is 0 Å². The molecule has 0 N–H and O–H groups in total. The summed E-state index contributed by atoms with van der Waals surface area (Å²) in [4.78, 5) is 11.3. The molecule has 5 heteroatoms. The van der Waals surface area contributed by atoms with E-state index in [1.807, 2.05) is 0 Å². The van der Waals surface area contributed by atoms with Crippen LogP contribution >= 0.6 is 0 Å². The quantitative estimate of drug-likeness (QED) is 0.719. The predicted octanol–water partition coefficient (Wildman–Crippen LogP) is 1.93. The third-order valence-electron chi connectivity index (χ3n) is 1.75. The fourth-order valence-electron chi connectivity index (χ4n) is 1.09. The molecule has 2 heterocycles. The maximum absolute atomic E-state index is 11.3. The van der Waals surface area contributed by atoms with Crippen molar-refractivity contribution in [3.8, 4) is 0 Å². The van der Waals surface area contributed by atoms with Crippen molar-refractivity contribution < 1.29 is 18.5 Å². The monoisotopic (exact) mass is 207 g/mol. The Hall–Kier alpha value is -2.04. The van der Waals surface area contributed by atoms with Crippen molar-refractivity contribution >= 4 is 5.97 Å². The van der Waals surface area contributed by atoms with Crippen LogP contribution in [0, 0.1) is 6.92 Å². The second-order valence-corrected chi connectivity index (χ2v) is 2.98. The Morgan fingerprint density at radius 3 is 3.07 bits per heavy atom. The van der Waals surface area contributed by atoms with Gasteiger partial charge in [0.25, 0.3) is 0 Å². The lowest BCUT2D eigenvalue weighted by Gasteiger charge is -1.98. The summed E-state index contributed by atoms with van der Waals surface area (Å²) < 4.78 is 14.6. The minimum Gasteiger partial charge on any atom is -0.457 e. The molecule has 0 unspecified atom stereocenters. The van der Waals surface area contributed by atoms with Crippen LogP contribution in [0.1, 0.15) is 22.0 Å². The van der Waals surface area contributed by atoms with Gasteiger partial charge in [0.15, 0.2) is 0 Å². The molecule has 2 aromatic rings. The second-order valence-electron chi connectivity index (χ2n) is 2.98. The van der Waals surface area contributed by atoms with Crippen LogP contribution < -0.4 is 0 Å². The van der Waals surface area contributed by atoms with Crippen LogP contribution in [0.3, 0.4) is 0 Å². The van der Waals surface area contributed by atoms with Crippen LogP contribution in [-0.2, 0) is 11.3 Å². The van der Waals surface area contributed by atoms with Gasteiger partial charge in [0, 0.05) is 6.07 Å². The summed E-state index contributed by atoms with van der Waals surface area (Å²) >= 11 is 0. The highest BCUT2D eigenvalue weighted by Gasteiger charge is 2.11. The average molecular weight is 207 g/mol. The Bertz CT molecular complexity index is 444. The standard InChI is InChI=1S/C10H9NO4/c1-7-5-8(11-15-7)6-14-10(12)9-3-2-4-13-9/h2-5H,6H2,1H3. The Kier molecular flexibility index (Phi) is 2.53. The number of aromatic nitrogens is 1. The number of hydrogen-bond acceptors (Lipinski definition) is 5. The number of ether oxygens (including phenoxy) is 1. The molecular weight excluding hydrogens is 198 g/mol. The molecule has 0 aliphatic heterocycles. The number of esters is 1. The summed E-state index contributed by atoms with van der Waals surface area (Å²) in [6, 6.07) is 4.86. The molecule has 0 saturated heterocycles. The van der Waals surface area contributed by atoms with Gasteiger partial charge in [-0.2, -0.15) is 0 Å². The predicted molar refractivity (Wildman–Crippen MR) is 49.1 cm³/mol. The van der Waals surface area contributed by atoms with E-state index in [1.165, 1.54) is 12.3 Å². The number of rotatable bonds is 3. The maximum atomic E-state index is 11.3. The number of furan rings is 1. The summed E-state index contributed by atoms with van der Waals surface area (Å²) in [6.45, 7) is 1.85. The van der Waals surface area contributed by atoms with Crippen LogP contribution in [0.15, 0.2) is 33.4 Å². The molecule has 0 radical (unpaired) electrons. The zero-order chi connectivity index (χ0) is 10.7. The lowest BCUT2D eigenvalue weighted by molar-refractivity contribution is 0.0427. The van der Waals surface area contributed by atoms with Gasteiger partial charge in [-0.1, -0.05) is 5.16 Å². The van der Waals surface area contributed by atoms with E-state index in [4.69, 9.17) is 13.7 Å². The van der Waals surface area contributed by atoms with E-state index in [0.717, 1.165) is 0 Å². The molecule has 2 aromatic heterocycles. The molecule has 0 fully saturated rings.